The van der Waals surface area contributed by atoms with Gasteiger partial charge in [-0.1, -0.05) is 17.8 Å². The number of fused-ring (bicyclic) bond motifs is 1. The number of carboxylic acid groups (broad SMARTS) is 1. The summed E-state index contributed by atoms with van der Waals surface area (Å²) in [5, 5.41) is 9.68. The SMILES string of the molecule is CSC(C)(C)Cn1c(SCC(=O)O)nc2ccc(C)cc21. The first-order chi connectivity index (χ1) is 9.82. The Morgan fingerprint density at radius 2 is 2.14 bits per heavy atom. The minimum Gasteiger partial charge on any atom is -0.481 e. The van der Waals surface area contributed by atoms with E-state index in [0.717, 1.165) is 22.7 Å². The zero-order chi connectivity index (χ0) is 15.6. The fraction of sp³-hybridized carbons (Fsp3) is 0.467. The summed E-state index contributed by atoms with van der Waals surface area (Å²) in [7, 11) is 0. The van der Waals surface area contributed by atoms with Crippen LogP contribution in [0.25, 0.3) is 11.0 Å². The summed E-state index contributed by atoms with van der Waals surface area (Å²) in [5.41, 5.74) is 3.18. The van der Waals surface area contributed by atoms with Crippen LogP contribution < -0.4 is 0 Å². The second kappa shape index (κ2) is 6.32. The summed E-state index contributed by atoms with van der Waals surface area (Å²) in [5.74, 6) is -0.791. The van der Waals surface area contributed by atoms with Gasteiger partial charge >= 0.3 is 5.97 Å². The van der Waals surface area contributed by atoms with Crippen LogP contribution in [-0.4, -0.2) is 37.4 Å². The van der Waals surface area contributed by atoms with Crippen molar-refractivity contribution < 1.29 is 9.90 Å². The van der Waals surface area contributed by atoms with Crippen LogP contribution in [0.4, 0.5) is 0 Å². The Bertz CT molecular complexity index is 665. The number of aryl methyl sites for hydroxylation is 1. The molecule has 1 heterocycles. The Balaban J connectivity index is 2.47. The quantitative estimate of drug-likeness (QED) is 0.822. The van der Waals surface area contributed by atoms with Gasteiger partial charge in [-0.2, -0.15) is 11.8 Å². The number of nitrogens with zero attached hydrogens (tertiary/aromatic N) is 2. The number of imidazole rings is 1. The number of hydrogen-bond donors (Lipinski definition) is 1. The molecule has 0 fully saturated rings. The summed E-state index contributed by atoms with van der Waals surface area (Å²) in [6, 6.07) is 6.15. The van der Waals surface area contributed by atoms with Gasteiger partial charge in [0.25, 0.3) is 0 Å². The van der Waals surface area contributed by atoms with Crippen molar-refractivity contribution in [1.82, 2.24) is 9.55 Å². The summed E-state index contributed by atoms with van der Waals surface area (Å²) in [6.07, 6.45) is 2.09. The molecule has 0 aliphatic rings. The number of carboxylic acids is 1. The van der Waals surface area contributed by atoms with Crippen molar-refractivity contribution in [3.05, 3.63) is 23.8 Å². The molecule has 2 aromatic rings. The number of carbonyl (C=O) groups is 1. The van der Waals surface area contributed by atoms with Crippen LogP contribution >= 0.6 is 23.5 Å². The predicted octanol–water partition coefficient (Wildman–Crippen LogP) is 3.66. The molecule has 0 amide bonds. The number of benzene rings is 1. The monoisotopic (exact) mass is 324 g/mol. The zero-order valence-corrected chi connectivity index (χ0v) is 14.3. The third-order valence-electron chi connectivity index (χ3n) is 3.28. The lowest BCUT2D eigenvalue weighted by Gasteiger charge is -2.24. The standard InChI is InChI=1S/C15H20N2O2S2/c1-10-5-6-11-12(7-10)17(9-15(2,3)20-4)14(16-11)21-8-13(18)19/h5-7H,8-9H2,1-4H3,(H,18,19). The van der Waals surface area contributed by atoms with E-state index in [-0.39, 0.29) is 10.5 Å². The molecule has 21 heavy (non-hydrogen) atoms. The molecule has 1 N–H and O–H groups in total. The van der Waals surface area contributed by atoms with Gasteiger partial charge < -0.3 is 9.67 Å². The predicted molar refractivity (Wildman–Crippen MR) is 90.4 cm³/mol. The lowest BCUT2D eigenvalue weighted by atomic mass is 10.2. The molecule has 0 saturated carbocycles. The Hall–Kier alpha value is -1.14. The summed E-state index contributed by atoms with van der Waals surface area (Å²) in [6.45, 7) is 7.23. The minimum absolute atomic E-state index is 0.0298. The maximum absolute atomic E-state index is 10.8. The van der Waals surface area contributed by atoms with Crippen molar-refractivity contribution in [2.45, 2.75) is 37.2 Å². The zero-order valence-electron chi connectivity index (χ0n) is 12.7. The maximum Gasteiger partial charge on any atom is 0.313 e. The van der Waals surface area contributed by atoms with Crippen LogP contribution in [0.2, 0.25) is 0 Å². The average molecular weight is 324 g/mol. The highest BCUT2D eigenvalue weighted by Crippen LogP contribution is 2.30. The number of thioether (sulfide) groups is 2. The Labute approximate surface area is 133 Å². The molecular weight excluding hydrogens is 304 g/mol. The van der Waals surface area contributed by atoms with Crippen molar-refractivity contribution in [3.8, 4) is 0 Å². The third kappa shape index (κ3) is 3.95. The first kappa shape index (κ1) is 16.2. The molecular formula is C15H20N2O2S2. The van der Waals surface area contributed by atoms with Gasteiger partial charge in [0.05, 0.1) is 16.8 Å². The molecule has 0 spiro atoms. The molecule has 0 unspecified atom stereocenters. The lowest BCUT2D eigenvalue weighted by Crippen LogP contribution is -2.23. The molecule has 0 radical (unpaired) electrons. The van der Waals surface area contributed by atoms with Crippen molar-refractivity contribution >= 4 is 40.5 Å². The Morgan fingerprint density at radius 1 is 1.43 bits per heavy atom. The highest BCUT2D eigenvalue weighted by atomic mass is 32.2. The van der Waals surface area contributed by atoms with Gasteiger partial charge in [0, 0.05) is 11.3 Å². The van der Waals surface area contributed by atoms with Crippen LogP contribution in [-0.2, 0) is 11.3 Å². The van der Waals surface area contributed by atoms with Crippen molar-refractivity contribution in [2.24, 2.45) is 0 Å². The van der Waals surface area contributed by atoms with Gasteiger partial charge in [0.2, 0.25) is 0 Å². The van der Waals surface area contributed by atoms with E-state index < -0.39 is 5.97 Å². The van der Waals surface area contributed by atoms with Crippen molar-refractivity contribution in [1.29, 1.82) is 0 Å². The number of rotatable bonds is 6. The van der Waals surface area contributed by atoms with E-state index in [4.69, 9.17) is 5.11 Å². The number of aromatic nitrogens is 2. The molecule has 1 aromatic carbocycles. The van der Waals surface area contributed by atoms with Crippen LogP contribution in [0.15, 0.2) is 23.4 Å². The van der Waals surface area contributed by atoms with Crippen LogP contribution in [0.3, 0.4) is 0 Å². The molecule has 0 atom stereocenters. The van der Waals surface area contributed by atoms with E-state index >= 15 is 0 Å². The van der Waals surface area contributed by atoms with Gasteiger partial charge in [0.15, 0.2) is 5.16 Å². The molecule has 114 valence electrons. The smallest absolute Gasteiger partial charge is 0.313 e. The first-order valence-corrected chi connectivity index (χ1v) is 8.90. The molecule has 6 heteroatoms. The summed E-state index contributed by atoms with van der Waals surface area (Å²) in [4.78, 5) is 15.4. The number of hydrogen-bond acceptors (Lipinski definition) is 4. The fourth-order valence-electron chi connectivity index (χ4n) is 2.05. The van der Waals surface area contributed by atoms with E-state index in [1.807, 2.05) is 12.1 Å². The summed E-state index contributed by atoms with van der Waals surface area (Å²) < 4.78 is 2.21. The number of aliphatic carboxylic acids is 1. The van der Waals surface area contributed by atoms with Gasteiger partial charge in [-0.3, -0.25) is 4.79 Å². The van der Waals surface area contributed by atoms with Gasteiger partial charge in [-0.25, -0.2) is 4.98 Å². The highest BCUT2D eigenvalue weighted by Gasteiger charge is 2.21. The maximum atomic E-state index is 10.8. The van der Waals surface area contributed by atoms with E-state index in [1.54, 1.807) is 11.8 Å². The Morgan fingerprint density at radius 3 is 2.76 bits per heavy atom. The second-order valence-electron chi connectivity index (χ2n) is 5.62. The largest absolute Gasteiger partial charge is 0.481 e. The second-order valence-corrected chi connectivity index (χ2v) is 8.07. The van der Waals surface area contributed by atoms with E-state index in [2.05, 4.69) is 42.6 Å². The van der Waals surface area contributed by atoms with Crippen molar-refractivity contribution in [3.63, 3.8) is 0 Å². The normalized spacial score (nSPS) is 12.0. The molecule has 1 aromatic heterocycles. The third-order valence-corrected chi connectivity index (χ3v) is 5.48. The van der Waals surface area contributed by atoms with E-state index in [1.165, 1.54) is 17.3 Å². The Kier molecular flexibility index (Phi) is 4.88. The average Bonchev–Trinajstić information content (AvgIpc) is 2.74. The molecule has 0 aliphatic carbocycles. The molecule has 0 bridgehead atoms. The van der Waals surface area contributed by atoms with Crippen molar-refractivity contribution in [2.75, 3.05) is 12.0 Å². The molecule has 2 rings (SSSR count). The molecule has 0 aliphatic heterocycles. The summed E-state index contributed by atoms with van der Waals surface area (Å²) >= 11 is 3.08. The first-order valence-electron chi connectivity index (χ1n) is 6.69. The van der Waals surface area contributed by atoms with E-state index in [0.29, 0.717) is 0 Å². The molecule has 4 nitrogen and oxygen atoms in total. The topological polar surface area (TPSA) is 55.1 Å². The van der Waals surface area contributed by atoms with Gasteiger partial charge in [-0.15, -0.1) is 0 Å². The highest BCUT2D eigenvalue weighted by molar-refractivity contribution is 8.00. The van der Waals surface area contributed by atoms with Crippen LogP contribution in [0.1, 0.15) is 19.4 Å². The lowest BCUT2D eigenvalue weighted by molar-refractivity contribution is -0.133. The van der Waals surface area contributed by atoms with Crippen LogP contribution in [0.5, 0.6) is 0 Å². The van der Waals surface area contributed by atoms with Crippen LogP contribution in [0, 0.1) is 6.92 Å². The fourth-order valence-corrected chi connectivity index (χ4v) is 3.04. The van der Waals surface area contributed by atoms with Gasteiger partial charge in [-0.05, 0) is 44.7 Å². The van der Waals surface area contributed by atoms with E-state index in [9.17, 15) is 4.79 Å². The van der Waals surface area contributed by atoms with Gasteiger partial charge in [0.1, 0.15) is 0 Å². The minimum atomic E-state index is -0.820. The molecule has 0 saturated heterocycles.